The Balaban J connectivity index is 1.28. The summed E-state index contributed by atoms with van der Waals surface area (Å²) in [7, 11) is 1.68. The van der Waals surface area contributed by atoms with Crippen LogP contribution in [0.15, 0.2) is 24.3 Å². The molecular weight excluding hydrogens is 372 g/mol. The molecule has 1 aromatic rings. The number of benzene rings is 1. The van der Waals surface area contributed by atoms with Gasteiger partial charge in [0.15, 0.2) is 0 Å². The molecule has 158 valence electrons. The van der Waals surface area contributed by atoms with Crippen molar-refractivity contribution >= 4 is 17.7 Å². The van der Waals surface area contributed by atoms with Gasteiger partial charge in [0.2, 0.25) is 5.91 Å². The van der Waals surface area contributed by atoms with Crippen LogP contribution in [-0.2, 0) is 9.53 Å². The van der Waals surface area contributed by atoms with Gasteiger partial charge in [-0.05, 0) is 37.1 Å². The number of nitrogens with zero attached hydrogens (tertiary/aromatic N) is 4. The van der Waals surface area contributed by atoms with E-state index in [-0.39, 0.29) is 18.5 Å². The van der Waals surface area contributed by atoms with Gasteiger partial charge in [0, 0.05) is 51.0 Å². The highest BCUT2D eigenvalue weighted by Gasteiger charge is 2.32. The highest BCUT2D eigenvalue weighted by Crippen LogP contribution is 2.23. The molecule has 3 heterocycles. The van der Waals surface area contributed by atoms with Gasteiger partial charge in [0.25, 0.3) is 0 Å². The first-order valence-electron chi connectivity index (χ1n) is 10.5. The molecule has 3 saturated heterocycles. The maximum Gasteiger partial charge on any atom is 0.410 e. The third-order valence-corrected chi connectivity index (χ3v) is 6.19. The Kier molecular flexibility index (Phi) is 6.08. The Bertz CT molecular complexity index is 718. The van der Waals surface area contributed by atoms with Crippen molar-refractivity contribution in [3.8, 4) is 5.75 Å². The Morgan fingerprint density at radius 3 is 2.52 bits per heavy atom. The Hall–Kier alpha value is -2.48. The van der Waals surface area contributed by atoms with Crippen LogP contribution in [0.3, 0.4) is 0 Å². The van der Waals surface area contributed by atoms with Gasteiger partial charge in [-0.2, -0.15) is 0 Å². The van der Waals surface area contributed by atoms with E-state index >= 15 is 0 Å². The minimum atomic E-state index is -0.374. The van der Waals surface area contributed by atoms with Crippen LogP contribution in [0.2, 0.25) is 0 Å². The van der Waals surface area contributed by atoms with Gasteiger partial charge in [-0.15, -0.1) is 0 Å². The lowest BCUT2D eigenvalue weighted by Crippen LogP contribution is -2.56. The number of methoxy groups -OCH3 is 1. The van der Waals surface area contributed by atoms with E-state index in [0.717, 1.165) is 57.9 Å². The summed E-state index contributed by atoms with van der Waals surface area (Å²) < 4.78 is 10.2. The van der Waals surface area contributed by atoms with Crippen molar-refractivity contribution in [2.24, 2.45) is 0 Å². The quantitative estimate of drug-likeness (QED) is 0.739. The number of anilines is 1. The minimum Gasteiger partial charge on any atom is -0.497 e. The van der Waals surface area contributed by atoms with E-state index in [9.17, 15) is 9.59 Å². The third kappa shape index (κ3) is 4.58. The second-order valence-corrected chi connectivity index (χ2v) is 7.89. The molecule has 1 atom stereocenters. The van der Waals surface area contributed by atoms with Crippen LogP contribution in [-0.4, -0.2) is 98.8 Å². The Morgan fingerprint density at radius 1 is 1.10 bits per heavy atom. The molecule has 2 amide bonds. The first kappa shape index (κ1) is 19.8. The molecule has 8 nitrogen and oxygen atoms in total. The molecule has 29 heavy (non-hydrogen) atoms. The van der Waals surface area contributed by atoms with Gasteiger partial charge in [0.05, 0.1) is 13.7 Å². The lowest BCUT2D eigenvalue weighted by Gasteiger charge is -2.44. The molecule has 0 radical (unpaired) electrons. The van der Waals surface area contributed by atoms with E-state index in [4.69, 9.17) is 9.47 Å². The Labute approximate surface area is 171 Å². The lowest BCUT2D eigenvalue weighted by atomic mass is 10.0. The highest BCUT2D eigenvalue weighted by molar-refractivity contribution is 5.83. The first-order chi connectivity index (χ1) is 14.1. The van der Waals surface area contributed by atoms with Crippen molar-refractivity contribution in [2.45, 2.75) is 18.9 Å². The summed E-state index contributed by atoms with van der Waals surface area (Å²) in [6.07, 6.45) is 1.76. The summed E-state index contributed by atoms with van der Waals surface area (Å²) >= 11 is 0. The van der Waals surface area contributed by atoms with Crippen LogP contribution in [0.1, 0.15) is 12.8 Å². The van der Waals surface area contributed by atoms with Gasteiger partial charge < -0.3 is 19.3 Å². The van der Waals surface area contributed by atoms with E-state index in [1.54, 1.807) is 7.11 Å². The van der Waals surface area contributed by atoms with Crippen LogP contribution in [0.4, 0.5) is 10.5 Å². The number of rotatable bonds is 5. The summed E-state index contributed by atoms with van der Waals surface area (Å²) in [6, 6.07) is 8.62. The molecule has 3 aliphatic heterocycles. The molecule has 0 N–H and O–H groups in total. The van der Waals surface area contributed by atoms with E-state index < -0.39 is 0 Å². The molecule has 1 aromatic carbocycles. The predicted octanol–water partition coefficient (Wildman–Crippen LogP) is 1.26. The topological polar surface area (TPSA) is 65.6 Å². The number of amides is 2. The molecule has 3 aliphatic rings. The summed E-state index contributed by atoms with van der Waals surface area (Å²) in [5.74, 6) is 0.909. The maximum absolute atomic E-state index is 12.7. The second-order valence-electron chi connectivity index (χ2n) is 7.89. The predicted molar refractivity (Wildman–Crippen MR) is 109 cm³/mol. The molecule has 0 spiro atoms. The van der Waals surface area contributed by atoms with Crippen molar-refractivity contribution < 1.29 is 19.1 Å². The fraction of sp³-hybridized carbons (Fsp3) is 0.619. The smallest absolute Gasteiger partial charge is 0.410 e. The lowest BCUT2D eigenvalue weighted by molar-refractivity contribution is -0.133. The fourth-order valence-electron chi connectivity index (χ4n) is 4.45. The minimum absolute atomic E-state index is 0.0328. The third-order valence-electron chi connectivity index (χ3n) is 6.19. The summed E-state index contributed by atoms with van der Waals surface area (Å²) in [5.41, 5.74) is 1.23. The molecule has 4 rings (SSSR count). The van der Waals surface area contributed by atoms with Crippen LogP contribution in [0.5, 0.6) is 5.75 Å². The number of carbonyl (C=O) groups excluding carboxylic acids is 2. The van der Waals surface area contributed by atoms with E-state index in [2.05, 4.69) is 21.9 Å². The van der Waals surface area contributed by atoms with E-state index in [0.29, 0.717) is 19.2 Å². The van der Waals surface area contributed by atoms with E-state index in [1.165, 1.54) is 10.6 Å². The average molecular weight is 402 g/mol. The number of carbonyl (C=O) groups is 2. The number of hydrogen-bond acceptors (Lipinski definition) is 6. The SMILES string of the molecule is COc1ccc(N2CCN([C@H]3CCCN(C(=O)CN4CCOC4=O)C3)CC2)cc1. The standard InChI is InChI=1S/C21H30N4O4/c1-28-19-6-4-17(5-7-19)22-9-11-23(12-10-22)18-3-2-8-24(15-18)20(26)16-25-13-14-29-21(25)27/h4-7,18H,2-3,8-16H2,1H3/t18-/m0/s1. The first-order valence-corrected chi connectivity index (χ1v) is 10.5. The molecular formula is C21H30N4O4. The van der Waals surface area contributed by atoms with Crippen LogP contribution < -0.4 is 9.64 Å². The van der Waals surface area contributed by atoms with Gasteiger partial charge in [-0.25, -0.2) is 4.79 Å². The largest absolute Gasteiger partial charge is 0.497 e. The van der Waals surface area contributed by atoms with Crippen molar-refractivity contribution in [3.63, 3.8) is 0 Å². The zero-order valence-electron chi connectivity index (χ0n) is 17.1. The molecule has 0 bridgehead atoms. The van der Waals surface area contributed by atoms with Crippen LogP contribution in [0.25, 0.3) is 0 Å². The van der Waals surface area contributed by atoms with E-state index in [1.807, 2.05) is 17.0 Å². The number of piperazine rings is 1. The highest BCUT2D eigenvalue weighted by atomic mass is 16.6. The molecule has 8 heteroatoms. The molecule has 3 fully saturated rings. The number of hydrogen-bond donors (Lipinski definition) is 0. The van der Waals surface area contributed by atoms with Gasteiger partial charge in [-0.3, -0.25) is 14.6 Å². The zero-order chi connectivity index (χ0) is 20.2. The van der Waals surface area contributed by atoms with Gasteiger partial charge in [-0.1, -0.05) is 0 Å². The average Bonchev–Trinajstić information content (AvgIpc) is 3.18. The number of piperidine rings is 1. The number of ether oxygens (including phenoxy) is 2. The molecule has 0 saturated carbocycles. The monoisotopic (exact) mass is 402 g/mol. The van der Waals surface area contributed by atoms with Crippen LogP contribution >= 0.6 is 0 Å². The Morgan fingerprint density at radius 2 is 1.86 bits per heavy atom. The normalized spacial score (nSPS) is 23.3. The van der Waals surface area contributed by atoms with Crippen molar-refractivity contribution in [1.82, 2.24) is 14.7 Å². The fourth-order valence-corrected chi connectivity index (χ4v) is 4.45. The number of likely N-dealkylation sites (tertiary alicyclic amines) is 1. The van der Waals surface area contributed by atoms with Crippen molar-refractivity contribution in [1.29, 1.82) is 0 Å². The van der Waals surface area contributed by atoms with Crippen LogP contribution in [0, 0.1) is 0 Å². The van der Waals surface area contributed by atoms with Gasteiger partial charge >= 0.3 is 6.09 Å². The zero-order valence-corrected chi connectivity index (χ0v) is 17.1. The molecule has 0 aromatic heterocycles. The summed E-state index contributed by atoms with van der Waals surface area (Å²) in [4.78, 5) is 32.6. The maximum atomic E-state index is 12.7. The van der Waals surface area contributed by atoms with Crippen molar-refractivity contribution in [2.75, 3.05) is 71.0 Å². The number of cyclic esters (lactones) is 1. The summed E-state index contributed by atoms with van der Waals surface area (Å²) in [6.45, 7) is 6.52. The second kappa shape index (κ2) is 8.90. The molecule has 0 aliphatic carbocycles. The summed E-state index contributed by atoms with van der Waals surface area (Å²) in [5, 5.41) is 0. The molecule has 0 unspecified atom stereocenters. The van der Waals surface area contributed by atoms with Crippen molar-refractivity contribution in [3.05, 3.63) is 24.3 Å². The van der Waals surface area contributed by atoms with Gasteiger partial charge in [0.1, 0.15) is 18.9 Å².